The van der Waals surface area contributed by atoms with Gasteiger partial charge in [-0.05, 0) is 38.9 Å². The lowest BCUT2D eigenvalue weighted by Gasteiger charge is -2.26. The smallest absolute Gasteiger partial charge is 0.00187 e. The molecule has 0 bridgehead atoms. The van der Waals surface area contributed by atoms with E-state index >= 15 is 0 Å². The molecule has 1 rings (SSSR count). The average molecular weight is 183 g/mol. The van der Waals surface area contributed by atoms with Crippen LogP contribution in [0.15, 0.2) is 0 Å². The number of hydrogen-bond acceptors (Lipinski definition) is 1. The van der Waals surface area contributed by atoms with Gasteiger partial charge in [-0.3, -0.25) is 0 Å². The van der Waals surface area contributed by atoms with Crippen LogP contribution in [0.25, 0.3) is 0 Å². The third-order valence-electron chi connectivity index (χ3n) is 3.03. The first-order valence-electron chi connectivity index (χ1n) is 6.16. The summed E-state index contributed by atoms with van der Waals surface area (Å²) in [6.45, 7) is 6.38. The minimum absolute atomic E-state index is 1.36. The van der Waals surface area contributed by atoms with Crippen molar-refractivity contribution in [2.45, 2.75) is 58.3 Å². The number of nitrogens with zero attached hydrogens (tertiary/aromatic N) is 1. The fraction of sp³-hybridized carbons (Fsp3) is 1.00. The molecule has 78 valence electrons. The van der Waals surface area contributed by atoms with Crippen molar-refractivity contribution in [2.75, 3.05) is 19.6 Å². The van der Waals surface area contributed by atoms with Crippen molar-refractivity contribution in [3.8, 4) is 0 Å². The van der Waals surface area contributed by atoms with Crippen molar-refractivity contribution in [1.82, 2.24) is 4.90 Å². The normalized spacial score (nSPS) is 19.2. The number of likely N-dealkylation sites (tertiary alicyclic amines) is 1. The Hall–Kier alpha value is -0.0400. The summed E-state index contributed by atoms with van der Waals surface area (Å²) in [5.74, 6) is 0. The predicted molar refractivity (Wildman–Crippen MR) is 59.1 cm³/mol. The summed E-state index contributed by atoms with van der Waals surface area (Å²) in [5, 5.41) is 0. The first-order valence-corrected chi connectivity index (χ1v) is 6.16. The minimum atomic E-state index is 1.36. The summed E-state index contributed by atoms with van der Waals surface area (Å²) >= 11 is 0. The lowest BCUT2D eigenvalue weighted by molar-refractivity contribution is 0.224. The van der Waals surface area contributed by atoms with Crippen LogP contribution in [0.2, 0.25) is 0 Å². The molecule has 0 aromatic carbocycles. The van der Waals surface area contributed by atoms with Crippen molar-refractivity contribution >= 4 is 0 Å². The molecule has 0 saturated carbocycles. The molecule has 0 spiro atoms. The van der Waals surface area contributed by atoms with E-state index in [1.807, 2.05) is 0 Å². The molecule has 1 saturated heterocycles. The molecule has 0 aromatic heterocycles. The molecule has 0 atom stereocenters. The molecule has 1 aliphatic heterocycles. The summed E-state index contributed by atoms with van der Waals surface area (Å²) in [5.41, 5.74) is 0. The highest BCUT2D eigenvalue weighted by molar-refractivity contribution is 4.64. The molecule has 0 N–H and O–H groups in total. The van der Waals surface area contributed by atoms with Gasteiger partial charge in [0.2, 0.25) is 0 Å². The van der Waals surface area contributed by atoms with Crippen LogP contribution in [0.5, 0.6) is 0 Å². The molecule has 1 aliphatic rings. The van der Waals surface area contributed by atoms with Gasteiger partial charge in [0, 0.05) is 0 Å². The van der Waals surface area contributed by atoms with Gasteiger partial charge in [0.25, 0.3) is 0 Å². The SMILES string of the molecule is CCCCCCCN1CCCCC1. The van der Waals surface area contributed by atoms with Crippen LogP contribution >= 0.6 is 0 Å². The van der Waals surface area contributed by atoms with Crippen molar-refractivity contribution in [3.05, 3.63) is 0 Å². The average Bonchev–Trinajstić information content (AvgIpc) is 2.19. The number of piperidine rings is 1. The Labute approximate surface area is 83.5 Å². The Morgan fingerprint density at radius 2 is 1.54 bits per heavy atom. The Morgan fingerprint density at radius 3 is 2.23 bits per heavy atom. The molecule has 0 unspecified atom stereocenters. The molecule has 0 amide bonds. The van der Waals surface area contributed by atoms with Crippen LogP contribution in [0.1, 0.15) is 58.3 Å². The fourth-order valence-corrected chi connectivity index (χ4v) is 2.12. The van der Waals surface area contributed by atoms with Crippen LogP contribution in [0.3, 0.4) is 0 Å². The summed E-state index contributed by atoms with van der Waals surface area (Å²) in [7, 11) is 0. The summed E-state index contributed by atoms with van der Waals surface area (Å²) in [6.07, 6.45) is 11.5. The van der Waals surface area contributed by atoms with Crippen molar-refractivity contribution in [3.63, 3.8) is 0 Å². The number of rotatable bonds is 6. The van der Waals surface area contributed by atoms with Gasteiger partial charge in [-0.25, -0.2) is 0 Å². The van der Waals surface area contributed by atoms with E-state index < -0.39 is 0 Å². The second-order valence-electron chi connectivity index (χ2n) is 4.32. The predicted octanol–water partition coefficient (Wildman–Crippen LogP) is 3.44. The van der Waals surface area contributed by atoms with E-state index in [-0.39, 0.29) is 0 Å². The lowest BCUT2D eigenvalue weighted by Crippen LogP contribution is -2.30. The van der Waals surface area contributed by atoms with E-state index in [1.54, 1.807) is 0 Å². The summed E-state index contributed by atoms with van der Waals surface area (Å²) in [4.78, 5) is 2.65. The van der Waals surface area contributed by atoms with E-state index in [0.29, 0.717) is 0 Å². The molecule has 0 aliphatic carbocycles. The van der Waals surface area contributed by atoms with Crippen LogP contribution in [0, 0.1) is 0 Å². The molecule has 1 nitrogen and oxygen atoms in total. The van der Waals surface area contributed by atoms with Gasteiger partial charge in [-0.15, -0.1) is 0 Å². The molecule has 13 heavy (non-hydrogen) atoms. The third kappa shape index (κ3) is 5.30. The second kappa shape index (κ2) is 7.37. The monoisotopic (exact) mass is 183 g/mol. The third-order valence-corrected chi connectivity index (χ3v) is 3.03. The van der Waals surface area contributed by atoms with Crippen LogP contribution < -0.4 is 0 Å². The maximum Gasteiger partial charge on any atom is -0.00187 e. The van der Waals surface area contributed by atoms with E-state index in [4.69, 9.17) is 0 Å². The molecule has 1 heterocycles. The minimum Gasteiger partial charge on any atom is -0.303 e. The van der Waals surface area contributed by atoms with E-state index in [0.717, 1.165) is 0 Å². The van der Waals surface area contributed by atoms with Gasteiger partial charge in [0.05, 0.1) is 0 Å². The largest absolute Gasteiger partial charge is 0.303 e. The first kappa shape index (κ1) is 11.0. The zero-order valence-corrected chi connectivity index (χ0v) is 9.23. The highest BCUT2D eigenvalue weighted by Gasteiger charge is 2.08. The Balaban J connectivity index is 1.86. The van der Waals surface area contributed by atoms with Gasteiger partial charge < -0.3 is 4.90 Å². The van der Waals surface area contributed by atoms with Gasteiger partial charge in [0.15, 0.2) is 0 Å². The Morgan fingerprint density at radius 1 is 0.846 bits per heavy atom. The zero-order valence-electron chi connectivity index (χ0n) is 9.23. The zero-order chi connectivity index (χ0) is 9.36. The van der Waals surface area contributed by atoms with Gasteiger partial charge in [-0.2, -0.15) is 0 Å². The van der Waals surface area contributed by atoms with Crippen LogP contribution in [-0.2, 0) is 0 Å². The highest BCUT2D eigenvalue weighted by Crippen LogP contribution is 2.10. The van der Waals surface area contributed by atoms with Gasteiger partial charge in [0.1, 0.15) is 0 Å². The summed E-state index contributed by atoms with van der Waals surface area (Å²) < 4.78 is 0. The van der Waals surface area contributed by atoms with E-state index in [9.17, 15) is 0 Å². The van der Waals surface area contributed by atoms with E-state index in [1.165, 1.54) is 71.0 Å². The molecular formula is C12H25N. The molecule has 0 aromatic rings. The maximum absolute atomic E-state index is 2.65. The van der Waals surface area contributed by atoms with Crippen LogP contribution in [0.4, 0.5) is 0 Å². The topological polar surface area (TPSA) is 3.24 Å². The van der Waals surface area contributed by atoms with Crippen molar-refractivity contribution in [2.24, 2.45) is 0 Å². The highest BCUT2D eigenvalue weighted by atomic mass is 15.1. The van der Waals surface area contributed by atoms with Crippen LogP contribution in [-0.4, -0.2) is 24.5 Å². The lowest BCUT2D eigenvalue weighted by atomic mass is 10.1. The molecule has 0 radical (unpaired) electrons. The quantitative estimate of drug-likeness (QED) is 0.570. The van der Waals surface area contributed by atoms with Gasteiger partial charge >= 0.3 is 0 Å². The Bertz CT molecular complexity index is 106. The molecule has 1 fully saturated rings. The second-order valence-corrected chi connectivity index (χ2v) is 4.32. The standard InChI is InChI=1S/C12H25N/c1-2-3-4-5-7-10-13-11-8-6-9-12-13/h2-12H2,1H3. The Kier molecular flexibility index (Phi) is 6.26. The number of unbranched alkanes of at least 4 members (excludes halogenated alkanes) is 4. The molecule has 1 heteroatoms. The van der Waals surface area contributed by atoms with Crippen molar-refractivity contribution < 1.29 is 0 Å². The van der Waals surface area contributed by atoms with E-state index in [2.05, 4.69) is 11.8 Å². The maximum atomic E-state index is 2.65. The van der Waals surface area contributed by atoms with Gasteiger partial charge in [-0.1, -0.05) is 39.0 Å². The summed E-state index contributed by atoms with van der Waals surface area (Å²) in [6, 6.07) is 0. The van der Waals surface area contributed by atoms with Crippen molar-refractivity contribution in [1.29, 1.82) is 0 Å². The first-order chi connectivity index (χ1) is 6.43. The molecular weight excluding hydrogens is 158 g/mol. The number of hydrogen-bond donors (Lipinski definition) is 0. The fourth-order valence-electron chi connectivity index (χ4n) is 2.12.